The molecule has 0 unspecified atom stereocenters. The third-order valence-corrected chi connectivity index (χ3v) is 3.79. The van der Waals surface area contributed by atoms with Crippen LogP contribution in [0.1, 0.15) is 38.3 Å². The maximum atomic E-state index is 12.3. The highest BCUT2D eigenvalue weighted by Gasteiger charge is 2.37. The summed E-state index contributed by atoms with van der Waals surface area (Å²) in [7, 11) is 0. The minimum absolute atomic E-state index is 0.218. The van der Waals surface area contributed by atoms with Gasteiger partial charge in [-0.3, -0.25) is 0 Å². The number of amides is 2. The fraction of sp³-hybridized carbons (Fsp3) is 0.467. The maximum absolute atomic E-state index is 12.3. The molecule has 2 amide bonds. The van der Waals surface area contributed by atoms with E-state index < -0.39 is 12.0 Å². The molecule has 5 heteroatoms. The van der Waals surface area contributed by atoms with Crippen LogP contribution in [0.25, 0.3) is 0 Å². The molecule has 2 N–H and O–H groups in total. The molecule has 20 heavy (non-hydrogen) atoms. The second kappa shape index (κ2) is 5.53. The highest BCUT2D eigenvalue weighted by Crippen LogP contribution is 2.28. The van der Waals surface area contributed by atoms with Crippen molar-refractivity contribution in [2.75, 3.05) is 6.54 Å². The second-order valence-electron chi connectivity index (χ2n) is 5.70. The summed E-state index contributed by atoms with van der Waals surface area (Å²) in [5.74, 6) is -1.05. The van der Waals surface area contributed by atoms with E-state index in [0.717, 1.165) is 12.8 Å². The second-order valence-corrected chi connectivity index (χ2v) is 5.70. The molecule has 1 aromatic carbocycles. The first-order valence-electron chi connectivity index (χ1n) is 6.78. The number of hydrogen-bond acceptors (Lipinski definition) is 2. The quantitative estimate of drug-likeness (QED) is 0.890. The molecular formula is C15H20N2O3. The van der Waals surface area contributed by atoms with E-state index in [1.54, 1.807) is 29.2 Å². The lowest BCUT2D eigenvalue weighted by molar-refractivity contribution is -0.139. The number of carboxylic acid groups (broad SMARTS) is 1. The average Bonchev–Trinajstić information content (AvgIpc) is 2.76. The number of carbonyl (C=O) groups is 2. The Morgan fingerprint density at radius 1 is 1.30 bits per heavy atom. The van der Waals surface area contributed by atoms with Gasteiger partial charge in [0.1, 0.15) is 0 Å². The first-order valence-corrected chi connectivity index (χ1v) is 6.78. The number of nitrogens with one attached hydrogen (secondary N) is 1. The van der Waals surface area contributed by atoms with Crippen LogP contribution in [0.15, 0.2) is 30.3 Å². The van der Waals surface area contributed by atoms with Crippen molar-refractivity contribution >= 4 is 12.0 Å². The van der Waals surface area contributed by atoms with Crippen molar-refractivity contribution in [3.8, 4) is 0 Å². The molecule has 0 spiro atoms. The highest BCUT2D eigenvalue weighted by atomic mass is 16.4. The van der Waals surface area contributed by atoms with Gasteiger partial charge >= 0.3 is 12.0 Å². The zero-order chi connectivity index (χ0) is 14.8. The van der Waals surface area contributed by atoms with E-state index >= 15 is 0 Å². The molecule has 1 heterocycles. The van der Waals surface area contributed by atoms with Crippen LogP contribution >= 0.6 is 0 Å². The van der Waals surface area contributed by atoms with E-state index in [4.69, 9.17) is 0 Å². The minimum atomic E-state index is -1.05. The van der Waals surface area contributed by atoms with E-state index in [9.17, 15) is 14.7 Å². The third kappa shape index (κ3) is 2.92. The summed E-state index contributed by atoms with van der Waals surface area (Å²) in [4.78, 5) is 25.4. The predicted octanol–water partition coefficient (Wildman–Crippen LogP) is 2.40. The van der Waals surface area contributed by atoms with Gasteiger partial charge in [-0.05, 0) is 32.3 Å². The number of aliphatic carboxylic acids is 1. The van der Waals surface area contributed by atoms with Gasteiger partial charge in [0.05, 0.1) is 0 Å². The Kier molecular flexibility index (Phi) is 3.97. The van der Waals surface area contributed by atoms with Crippen LogP contribution in [0, 0.1) is 0 Å². The zero-order valence-electron chi connectivity index (χ0n) is 11.8. The van der Waals surface area contributed by atoms with Gasteiger partial charge in [-0.1, -0.05) is 30.3 Å². The third-order valence-electron chi connectivity index (χ3n) is 3.79. The fourth-order valence-corrected chi connectivity index (χ4v) is 2.62. The molecule has 0 bridgehead atoms. The van der Waals surface area contributed by atoms with Gasteiger partial charge in [-0.15, -0.1) is 0 Å². The molecule has 0 aliphatic carbocycles. The summed E-state index contributed by atoms with van der Waals surface area (Å²) >= 11 is 0. The molecule has 108 valence electrons. The summed E-state index contributed by atoms with van der Waals surface area (Å²) in [6.45, 7) is 4.66. The first-order chi connectivity index (χ1) is 9.42. The highest BCUT2D eigenvalue weighted by molar-refractivity contribution is 5.84. The van der Waals surface area contributed by atoms with Crippen LogP contribution in [-0.4, -0.2) is 34.1 Å². The number of rotatable bonds is 3. The fourth-order valence-electron chi connectivity index (χ4n) is 2.62. The smallest absolute Gasteiger partial charge is 0.330 e. The maximum Gasteiger partial charge on any atom is 0.330 e. The van der Waals surface area contributed by atoms with Crippen LogP contribution in [0.5, 0.6) is 0 Å². The Labute approximate surface area is 118 Å². The molecule has 1 fully saturated rings. The number of carboxylic acids is 1. The first kappa shape index (κ1) is 14.4. The normalized spacial score (nSPS) is 18.6. The molecule has 1 aliphatic heterocycles. The van der Waals surface area contributed by atoms with E-state index in [-0.39, 0.29) is 11.6 Å². The number of nitrogens with zero attached hydrogens (tertiary/aromatic N) is 1. The van der Waals surface area contributed by atoms with Gasteiger partial charge in [-0.25, -0.2) is 9.59 Å². The van der Waals surface area contributed by atoms with Crippen LogP contribution in [0.4, 0.5) is 4.79 Å². The SMILES string of the molecule is CC1(C)CCCN1C(=O)N[C@H](C(=O)O)c1ccccc1. The average molecular weight is 276 g/mol. The lowest BCUT2D eigenvalue weighted by Gasteiger charge is -2.32. The molecule has 1 saturated heterocycles. The number of carbonyl (C=O) groups excluding carboxylic acids is 1. The van der Waals surface area contributed by atoms with Crippen molar-refractivity contribution in [2.45, 2.75) is 38.3 Å². The van der Waals surface area contributed by atoms with Crippen LogP contribution in [0.3, 0.4) is 0 Å². The van der Waals surface area contributed by atoms with Crippen molar-refractivity contribution < 1.29 is 14.7 Å². The number of likely N-dealkylation sites (tertiary alicyclic amines) is 1. The van der Waals surface area contributed by atoms with Gasteiger partial charge in [0, 0.05) is 12.1 Å². The zero-order valence-corrected chi connectivity index (χ0v) is 11.8. The van der Waals surface area contributed by atoms with E-state index in [1.807, 2.05) is 19.9 Å². The molecule has 2 rings (SSSR count). The van der Waals surface area contributed by atoms with Gasteiger partial charge in [0.25, 0.3) is 0 Å². The van der Waals surface area contributed by atoms with Crippen LogP contribution < -0.4 is 5.32 Å². The predicted molar refractivity (Wildman–Crippen MR) is 75.4 cm³/mol. The van der Waals surface area contributed by atoms with Crippen LogP contribution in [0.2, 0.25) is 0 Å². The van der Waals surface area contributed by atoms with Crippen molar-refractivity contribution in [3.63, 3.8) is 0 Å². The summed E-state index contributed by atoms with van der Waals surface area (Å²) in [5, 5.41) is 11.9. The summed E-state index contributed by atoms with van der Waals surface area (Å²) in [6, 6.07) is 7.41. The molecular weight excluding hydrogens is 256 g/mol. The lowest BCUT2D eigenvalue weighted by atomic mass is 10.0. The minimum Gasteiger partial charge on any atom is -0.479 e. The lowest BCUT2D eigenvalue weighted by Crippen LogP contribution is -2.49. The Morgan fingerprint density at radius 2 is 1.95 bits per heavy atom. The van der Waals surface area contributed by atoms with Crippen molar-refractivity contribution in [3.05, 3.63) is 35.9 Å². The summed E-state index contributed by atoms with van der Waals surface area (Å²) < 4.78 is 0. The Bertz CT molecular complexity index is 499. The van der Waals surface area contributed by atoms with Gasteiger partial charge in [0.15, 0.2) is 6.04 Å². The van der Waals surface area contributed by atoms with Gasteiger partial charge < -0.3 is 15.3 Å². The molecule has 0 saturated carbocycles. The van der Waals surface area contributed by atoms with E-state index in [1.165, 1.54) is 0 Å². The van der Waals surface area contributed by atoms with E-state index in [0.29, 0.717) is 12.1 Å². The molecule has 1 aromatic rings. The molecule has 1 aliphatic rings. The largest absolute Gasteiger partial charge is 0.479 e. The van der Waals surface area contributed by atoms with Gasteiger partial charge in [-0.2, -0.15) is 0 Å². The Balaban J connectivity index is 2.13. The Morgan fingerprint density at radius 3 is 2.45 bits per heavy atom. The van der Waals surface area contributed by atoms with Gasteiger partial charge in [0.2, 0.25) is 0 Å². The Hall–Kier alpha value is -2.04. The monoisotopic (exact) mass is 276 g/mol. The standard InChI is InChI=1S/C15H20N2O3/c1-15(2)9-6-10-17(15)14(20)16-12(13(18)19)11-7-4-3-5-8-11/h3-5,7-8,12H,6,9-10H2,1-2H3,(H,16,20)(H,18,19)/t12-/m0/s1. The molecule has 5 nitrogen and oxygen atoms in total. The number of urea groups is 1. The van der Waals surface area contributed by atoms with Crippen molar-refractivity contribution in [1.29, 1.82) is 0 Å². The van der Waals surface area contributed by atoms with Crippen LogP contribution in [-0.2, 0) is 4.79 Å². The summed E-state index contributed by atoms with van der Waals surface area (Å²) in [6.07, 6.45) is 1.88. The number of hydrogen-bond donors (Lipinski definition) is 2. The molecule has 1 atom stereocenters. The number of benzene rings is 1. The molecule has 0 aromatic heterocycles. The van der Waals surface area contributed by atoms with Crippen molar-refractivity contribution in [2.24, 2.45) is 0 Å². The topological polar surface area (TPSA) is 69.6 Å². The van der Waals surface area contributed by atoms with Crippen molar-refractivity contribution in [1.82, 2.24) is 10.2 Å². The van der Waals surface area contributed by atoms with E-state index in [2.05, 4.69) is 5.32 Å². The summed E-state index contributed by atoms with van der Waals surface area (Å²) in [5.41, 5.74) is 0.356. The molecule has 0 radical (unpaired) electrons.